The summed E-state index contributed by atoms with van der Waals surface area (Å²) in [5, 5.41) is 8.00. The molecular formula is C23H26N4O3S2. The highest BCUT2D eigenvalue weighted by molar-refractivity contribution is 8.15. The predicted molar refractivity (Wildman–Crippen MR) is 129 cm³/mol. The second-order valence-electron chi connectivity index (χ2n) is 7.93. The first-order chi connectivity index (χ1) is 15.5. The van der Waals surface area contributed by atoms with Gasteiger partial charge in [-0.2, -0.15) is 4.99 Å². The van der Waals surface area contributed by atoms with Gasteiger partial charge in [-0.25, -0.2) is 0 Å². The van der Waals surface area contributed by atoms with Crippen LogP contribution in [0.2, 0.25) is 0 Å². The van der Waals surface area contributed by atoms with Crippen molar-refractivity contribution in [2.45, 2.75) is 43.9 Å². The van der Waals surface area contributed by atoms with E-state index in [0.717, 1.165) is 36.0 Å². The highest BCUT2D eigenvalue weighted by Gasteiger charge is 2.33. The Morgan fingerprint density at radius 2 is 2.00 bits per heavy atom. The molecule has 2 atom stereocenters. The molecule has 4 rings (SSSR count). The number of nitrogens with zero attached hydrogens (tertiary/aromatic N) is 2. The molecule has 0 saturated carbocycles. The minimum absolute atomic E-state index is 0.0518. The van der Waals surface area contributed by atoms with Gasteiger partial charge < -0.3 is 15.5 Å². The Kier molecular flexibility index (Phi) is 7.26. The lowest BCUT2D eigenvalue weighted by molar-refractivity contribution is -0.121. The van der Waals surface area contributed by atoms with Gasteiger partial charge in [0.05, 0.1) is 6.04 Å². The largest absolute Gasteiger partial charge is 0.351 e. The first kappa shape index (κ1) is 22.5. The number of thiophene rings is 1. The van der Waals surface area contributed by atoms with E-state index in [1.54, 1.807) is 35.6 Å². The number of hydrogen-bond acceptors (Lipinski definition) is 6. The number of rotatable bonds is 6. The number of amidine groups is 1. The fourth-order valence-electron chi connectivity index (χ4n) is 3.74. The van der Waals surface area contributed by atoms with Gasteiger partial charge in [-0.1, -0.05) is 23.9 Å². The Hall–Kier alpha value is -2.65. The van der Waals surface area contributed by atoms with E-state index in [2.05, 4.69) is 20.5 Å². The zero-order chi connectivity index (χ0) is 22.5. The number of amides is 3. The molecule has 0 spiro atoms. The van der Waals surface area contributed by atoms with Crippen LogP contribution in [-0.4, -0.2) is 46.1 Å². The number of aliphatic imine (C=N–C) groups is 1. The van der Waals surface area contributed by atoms with Crippen molar-refractivity contribution in [1.29, 1.82) is 0 Å². The maximum absolute atomic E-state index is 12.6. The molecule has 0 radical (unpaired) electrons. The molecule has 32 heavy (non-hydrogen) atoms. The number of carbonyl (C=O) groups excluding carboxylic acids is 3. The van der Waals surface area contributed by atoms with E-state index in [1.807, 2.05) is 24.4 Å². The number of anilines is 1. The van der Waals surface area contributed by atoms with Gasteiger partial charge in [0, 0.05) is 35.6 Å². The molecule has 1 aromatic carbocycles. The van der Waals surface area contributed by atoms with Gasteiger partial charge in [0.2, 0.25) is 5.91 Å². The number of likely N-dealkylation sites (tertiary alicyclic amines) is 1. The van der Waals surface area contributed by atoms with E-state index >= 15 is 0 Å². The number of benzene rings is 1. The number of carbonyl (C=O) groups is 3. The summed E-state index contributed by atoms with van der Waals surface area (Å²) in [6.45, 7) is 3.77. The lowest BCUT2D eigenvalue weighted by atomic mass is 10.1. The summed E-state index contributed by atoms with van der Waals surface area (Å²) in [6.07, 6.45) is 3.47. The van der Waals surface area contributed by atoms with Crippen molar-refractivity contribution in [2.75, 3.05) is 18.4 Å². The molecule has 2 aromatic rings. The smallest absolute Gasteiger partial charge is 0.262 e. The SMILES string of the molecule is C[C@H](NC(=O)c1cccc(NC(=O)C[C@H]2SC(N3CCCCC3)=NC2=O)c1)c1cccs1. The Morgan fingerprint density at radius 1 is 1.19 bits per heavy atom. The third-order valence-corrected chi connectivity index (χ3v) is 7.72. The van der Waals surface area contributed by atoms with Crippen molar-refractivity contribution < 1.29 is 14.4 Å². The number of piperidine rings is 1. The molecule has 0 bridgehead atoms. The Labute approximate surface area is 195 Å². The van der Waals surface area contributed by atoms with Crippen LogP contribution in [0.1, 0.15) is 53.9 Å². The standard InChI is InChI=1S/C23H26N4O3S2/c1-15(18-9-6-12-31-18)24-21(29)16-7-5-8-17(13-16)25-20(28)14-19-22(30)26-23(32-19)27-10-3-2-4-11-27/h5-9,12-13,15,19H,2-4,10-11,14H2,1H3,(H,24,29)(H,25,28)/t15-,19+/m0/s1. The minimum Gasteiger partial charge on any atom is -0.351 e. The topological polar surface area (TPSA) is 90.9 Å². The van der Waals surface area contributed by atoms with Crippen molar-refractivity contribution in [3.63, 3.8) is 0 Å². The summed E-state index contributed by atoms with van der Waals surface area (Å²) in [4.78, 5) is 44.9. The monoisotopic (exact) mass is 470 g/mol. The van der Waals surface area contributed by atoms with Gasteiger partial charge in [0.1, 0.15) is 5.25 Å². The van der Waals surface area contributed by atoms with Crippen LogP contribution < -0.4 is 10.6 Å². The van der Waals surface area contributed by atoms with Crippen molar-refractivity contribution in [2.24, 2.45) is 4.99 Å². The highest BCUT2D eigenvalue weighted by atomic mass is 32.2. The third kappa shape index (κ3) is 5.58. The molecule has 1 fully saturated rings. The van der Waals surface area contributed by atoms with E-state index in [4.69, 9.17) is 0 Å². The van der Waals surface area contributed by atoms with E-state index in [-0.39, 0.29) is 30.2 Å². The summed E-state index contributed by atoms with van der Waals surface area (Å²) in [7, 11) is 0. The molecule has 3 heterocycles. The summed E-state index contributed by atoms with van der Waals surface area (Å²) in [5.74, 6) is -0.722. The average molecular weight is 471 g/mol. The molecule has 0 unspecified atom stereocenters. The minimum atomic E-state index is -0.495. The molecule has 2 aliphatic heterocycles. The van der Waals surface area contributed by atoms with Crippen LogP contribution in [0.25, 0.3) is 0 Å². The van der Waals surface area contributed by atoms with Gasteiger partial charge >= 0.3 is 0 Å². The first-order valence-electron chi connectivity index (χ1n) is 10.8. The molecule has 9 heteroatoms. The summed E-state index contributed by atoms with van der Waals surface area (Å²) >= 11 is 2.97. The molecule has 1 saturated heterocycles. The third-order valence-electron chi connectivity index (χ3n) is 5.45. The normalized spacial score (nSPS) is 19.4. The Bertz CT molecular complexity index is 1020. The highest BCUT2D eigenvalue weighted by Crippen LogP contribution is 2.29. The van der Waals surface area contributed by atoms with Gasteiger partial charge in [-0.15, -0.1) is 11.3 Å². The fourth-order valence-corrected chi connectivity index (χ4v) is 5.59. The van der Waals surface area contributed by atoms with Crippen LogP contribution >= 0.6 is 23.1 Å². The maximum atomic E-state index is 12.6. The van der Waals surface area contributed by atoms with Gasteiger partial charge in [-0.05, 0) is 55.8 Å². The van der Waals surface area contributed by atoms with Gasteiger partial charge in [0.25, 0.3) is 11.8 Å². The summed E-state index contributed by atoms with van der Waals surface area (Å²) in [6, 6.07) is 10.7. The van der Waals surface area contributed by atoms with Crippen LogP contribution in [0, 0.1) is 0 Å². The first-order valence-corrected chi connectivity index (χ1v) is 12.5. The Morgan fingerprint density at radius 3 is 2.75 bits per heavy atom. The summed E-state index contributed by atoms with van der Waals surface area (Å²) in [5.41, 5.74) is 0.993. The van der Waals surface area contributed by atoms with E-state index in [9.17, 15) is 14.4 Å². The van der Waals surface area contributed by atoms with Gasteiger partial charge in [-0.3, -0.25) is 14.4 Å². The number of hydrogen-bond donors (Lipinski definition) is 2. The number of nitrogens with one attached hydrogen (secondary N) is 2. The second kappa shape index (κ2) is 10.3. The Balaban J connectivity index is 1.31. The second-order valence-corrected chi connectivity index (χ2v) is 10.1. The van der Waals surface area contributed by atoms with Gasteiger partial charge in [0.15, 0.2) is 5.17 Å². The van der Waals surface area contributed by atoms with Crippen LogP contribution in [0.4, 0.5) is 5.69 Å². The van der Waals surface area contributed by atoms with E-state index in [0.29, 0.717) is 11.3 Å². The van der Waals surface area contributed by atoms with E-state index < -0.39 is 5.25 Å². The molecule has 3 amide bonds. The average Bonchev–Trinajstić information content (AvgIpc) is 3.45. The van der Waals surface area contributed by atoms with Crippen LogP contribution in [-0.2, 0) is 9.59 Å². The quantitative estimate of drug-likeness (QED) is 0.665. The van der Waals surface area contributed by atoms with Crippen LogP contribution in [0.3, 0.4) is 0 Å². The van der Waals surface area contributed by atoms with E-state index in [1.165, 1.54) is 18.2 Å². The van der Waals surface area contributed by atoms with Crippen molar-refractivity contribution in [1.82, 2.24) is 10.2 Å². The van der Waals surface area contributed by atoms with Crippen molar-refractivity contribution in [3.8, 4) is 0 Å². The molecule has 2 N–H and O–H groups in total. The lowest BCUT2D eigenvalue weighted by Gasteiger charge is -2.27. The fraction of sp³-hybridized carbons (Fsp3) is 0.391. The molecule has 1 aromatic heterocycles. The molecular weight excluding hydrogens is 444 g/mol. The summed E-state index contributed by atoms with van der Waals surface area (Å²) < 4.78 is 0. The zero-order valence-electron chi connectivity index (χ0n) is 17.9. The van der Waals surface area contributed by atoms with Crippen LogP contribution in [0.5, 0.6) is 0 Å². The molecule has 0 aliphatic carbocycles. The van der Waals surface area contributed by atoms with Crippen molar-refractivity contribution in [3.05, 3.63) is 52.2 Å². The lowest BCUT2D eigenvalue weighted by Crippen LogP contribution is -2.33. The predicted octanol–water partition coefficient (Wildman–Crippen LogP) is 4.05. The van der Waals surface area contributed by atoms with Crippen molar-refractivity contribution >= 4 is 51.7 Å². The maximum Gasteiger partial charge on any atom is 0.262 e. The number of thioether (sulfide) groups is 1. The molecule has 2 aliphatic rings. The zero-order valence-corrected chi connectivity index (χ0v) is 19.5. The molecule has 7 nitrogen and oxygen atoms in total. The van der Waals surface area contributed by atoms with Crippen LogP contribution in [0.15, 0.2) is 46.8 Å². The molecule has 168 valence electrons.